The average molecular weight is 414 g/mol. The fourth-order valence-electron chi connectivity index (χ4n) is 3.09. The Hall–Kier alpha value is -3.33. The molecular weight excluding hydrogens is 398 g/mol. The molecule has 0 saturated heterocycles. The number of fused-ring (bicyclic) bond motifs is 1. The lowest BCUT2D eigenvalue weighted by Gasteiger charge is -2.05. The molecule has 29 heavy (non-hydrogen) atoms. The molecule has 1 N–H and O–H groups in total. The third-order valence-electron chi connectivity index (χ3n) is 4.32. The van der Waals surface area contributed by atoms with Gasteiger partial charge in [0, 0.05) is 0 Å². The average Bonchev–Trinajstić information content (AvgIpc) is 3.21. The lowest BCUT2D eigenvalue weighted by molar-refractivity contribution is -0.0497. The third-order valence-corrected chi connectivity index (χ3v) is 5.26. The van der Waals surface area contributed by atoms with Crippen LogP contribution in [-0.4, -0.2) is 27.3 Å². The molecule has 0 radical (unpaired) electrons. The number of halogens is 2. The Morgan fingerprint density at radius 3 is 2.66 bits per heavy atom. The normalized spacial score (nSPS) is 11.2. The molecule has 0 saturated carbocycles. The number of rotatable bonds is 5. The highest BCUT2D eigenvalue weighted by atomic mass is 32.1. The van der Waals surface area contributed by atoms with Crippen molar-refractivity contribution in [1.29, 1.82) is 0 Å². The van der Waals surface area contributed by atoms with Crippen molar-refractivity contribution in [2.45, 2.75) is 20.5 Å². The SMILES string of the molecule is Cc1nn(-c2ccccc2)c(C)c1C(=O)Nc1nc2ccc(OC(F)F)cc2s1. The summed E-state index contributed by atoms with van der Waals surface area (Å²) >= 11 is 1.18. The van der Waals surface area contributed by atoms with Crippen LogP contribution < -0.4 is 10.1 Å². The van der Waals surface area contributed by atoms with E-state index in [-0.39, 0.29) is 11.7 Å². The van der Waals surface area contributed by atoms with Crippen molar-refractivity contribution in [2.75, 3.05) is 5.32 Å². The van der Waals surface area contributed by atoms with Crippen molar-refractivity contribution < 1.29 is 18.3 Å². The first-order chi connectivity index (χ1) is 13.9. The molecular formula is C20H16F2N4O2S. The van der Waals surface area contributed by atoms with Gasteiger partial charge in [0.05, 0.1) is 32.9 Å². The molecule has 0 spiro atoms. The number of carbonyl (C=O) groups is 1. The number of nitrogens with one attached hydrogen (secondary N) is 1. The molecule has 9 heteroatoms. The number of amides is 1. The molecule has 0 fully saturated rings. The molecule has 0 aliphatic carbocycles. The quantitative estimate of drug-likeness (QED) is 0.502. The minimum atomic E-state index is -2.90. The van der Waals surface area contributed by atoms with Crippen molar-refractivity contribution in [2.24, 2.45) is 0 Å². The van der Waals surface area contributed by atoms with E-state index in [4.69, 9.17) is 0 Å². The van der Waals surface area contributed by atoms with Crippen LogP contribution >= 0.6 is 11.3 Å². The Balaban J connectivity index is 1.60. The molecule has 148 valence electrons. The van der Waals surface area contributed by atoms with E-state index in [1.54, 1.807) is 17.7 Å². The summed E-state index contributed by atoms with van der Waals surface area (Å²) in [6.07, 6.45) is 0. The maximum atomic E-state index is 12.9. The highest BCUT2D eigenvalue weighted by Crippen LogP contribution is 2.30. The van der Waals surface area contributed by atoms with Crippen LogP contribution in [0.2, 0.25) is 0 Å². The summed E-state index contributed by atoms with van der Waals surface area (Å²) in [4.78, 5) is 17.2. The Bertz CT molecular complexity index is 1190. The molecule has 0 aliphatic rings. The summed E-state index contributed by atoms with van der Waals surface area (Å²) < 4.78 is 31.5. The Morgan fingerprint density at radius 1 is 1.17 bits per heavy atom. The van der Waals surface area contributed by atoms with Gasteiger partial charge in [0.2, 0.25) is 0 Å². The zero-order valence-electron chi connectivity index (χ0n) is 15.5. The first-order valence-electron chi connectivity index (χ1n) is 8.71. The van der Waals surface area contributed by atoms with Crippen LogP contribution in [0.4, 0.5) is 13.9 Å². The molecule has 1 amide bonds. The smallest absolute Gasteiger partial charge is 0.387 e. The molecule has 4 aromatic rings. The van der Waals surface area contributed by atoms with Crippen LogP contribution in [0.3, 0.4) is 0 Å². The summed E-state index contributed by atoms with van der Waals surface area (Å²) in [7, 11) is 0. The number of aryl methyl sites for hydroxylation is 1. The molecule has 2 aromatic carbocycles. The topological polar surface area (TPSA) is 69.0 Å². The number of para-hydroxylation sites is 1. The van der Waals surface area contributed by atoms with E-state index in [1.165, 1.54) is 23.5 Å². The van der Waals surface area contributed by atoms with Gasteiger partial charge >= 0.3 is 6.61 Å². The number of anilines is 1. The third kappa shape index (κ3) is 3.81. The van der Waals surface area contributed by atoms with Gasteiger partial charge in [0.15, 0.2) is 5.13 Å². The molecule has 0 atom stereocenters. The summed E-state index contributed by atoms with van der Waals surface area (Å²) in [6, 6.07) is 14.0. The zero-order chi connectivity index (χ0) is 20.5. The summed E-state index contributed by atoms with van der Waals surface area (Å²) in [5.41, 5.74) is 3.21. The number of ether oxygens (including phenoxy) is 1. The lowest BCUT2D eigenvalue weighted by atomic mass is 10.2. The number of carbonyl (C=O) groups excluding carboxylic acids is 1. The largest absolute Gasteiger partial charge is 0.435 e. The van der Waals surface area contributed by atoms with Gasteiger partial charge in [-0.25, -0.2) is 9.67 Å². The summed E-state index contributed by atoms with van der Waals surface area (Å²) in [5.74, 6) is -0.282. The molecule has 0 aliphatic heterocycles. The summed E-state index contributed by atoms with van der Waals surface area (Å²) in [5, 5.41) is 7.62. The van der Waals surface area contributed by atoms with Crippen LogP contribution in [0, 0.1) is 13.8 Å². The van der Waals surface area contributed by atoms with Crippen molar-refractivity contribution in [3.63, 3.8) is 0 Å². The zero-order valence-corrected chi connectivity index (χ0v) is 16.3. The number of thiazole rings is 1. The van der Waals surface area contributed by atoms with Gasteiger partial charge in [-0.15, -0.1) is 0 Å². The second-order valence-electron chi connectivity index (χ2n) is 6.27. The number of aromatic nitrogens is 3. The molecule has 2 heterocycles. The predicted molar refractivity (Wildman–Crippen MR) is 107 cm³/mol. The summed E-state index contributed by atoms with van der Waals surface area (Å²) in [6.45, 7) is 0.702. The molecule has 2 aromatic heterocycles. The fourth-order valence-corrected chi connectivity index (χ4v) is 3.98. The predicted octanol–water partition coefficient (Wildman–Crippen LogP) is 4.95. The van der Waals surface area contributed by atoms with Gasteiger partial charge in [-0.3, -0.25) is 10.1 Å². The van der Waals surface area contributed by atoms with Crippen molar-refractivity contribution in [1.82, 2.24) is 14.8 Å². The standard InChI is InChI=1S/C20H16F2N4O2S/c1-11-17(12(2)26(25-11)13-6-4-3-5-7-13)18(27)24-20-23-15-9-8-14(28-19(21)22)10-16(15)29-20/h3-10,19H,1-2H3,(H,23,24,27). The van der Waals surface area contributed by atoms with E-state index in [1.807, 2.05) is 37.3 Å². The van der Waals surface area contributed by atoms with Gasteiger partial charge < -0.3 is 4.74 Å². The van der Waals surface area contributed by atoms with Crippen LogP contribution in [-0.2, 0) is 0 Å². The van der Waals surface area contributed by atoms with Crippen LogP contribution in [0.5, 0.6) is 5.75 Å². The Morgan fingerprint density at radius 2 is 1.93 bits per heavy atom. The first kappa shape index (κ1) is 19.0. The van der Waals surface area contributed by atoms with E-state index in [2.05, 4.69) is 20.1 Å². The number of hydrogen-bond donors (Lipinski definition) is 1. The van der Waals surface area contributed by atoms with Crippen molar-refractivity contribution in [3.05, 3.63) is 65.5 Å². The highest BCUT2D eigenvalue weighted by Gasteiger charge is 2.20. The fraction of sp³-hybridized carbons (Fsp3) is 0.150. The highest BCUT2D eigenvalue weighted by molar-refractivity contribution is 7.22. The molecule has 0 bridgehead atoms. The monoisotopic (exact) mass is 414 g/mol. The molecule has 4 rings (SSSR count). The van der Waals surface area contributed by atoms with Gasteiger partial charge in [0.25, 0.3) is 5.91 Å². The van der Waals surface area contributed by atoms with Crippen LogP contribution in [0.25, 0.3) is 15.9 Å². The maximum Gasteiger partial charge on any atom is 0.387 e. The molecule has 6 nitrogen and oxygen atoms in total. The van der Waals surface area contributed by atoms with E-state index in [9.17, 15) is 13.6 Å². The van der Waals surface area contributed by atoms with Gasteiger partial charge in [0.1, 0.15) is 5.75 Å². The van der Waals surface area contributed by atoms with Crippen molar-refractivity contribution >= 4 is 32.6 Å². The molecule has 0 unspecified atom stereocenters. The van der Waals surface area contributed by atoms with E-state index in [0.717, 1.165) is 5.69 Å². The number of alkyl halides is 2. The Kier molecular flexibility index (Phi) is 4.98. The van der Waals surface area contributed by atoms with E-state index in [0.29, 0.717) is 32.3 Å². The number of nitrogens with zero attached hydrogens (tertiary/aromatic N) is 3. The minimum Gasteiger partial charge on any atom is -0.435 e. The second-order valence-corrected chi connectivity index (χ2v) is 7.30. The Labute approximate surface area is 168 Å². The number of benzene rings is 2. The van der Waals surface area contributed by atoms with E-state index >= 15 is 0 Å². The minimum absolute atomic E-state index is 0.0462. The van der Waals surface area contributed by atoms with Crippen LogP contribution in [0.15, 0.2) is 48.5 Å². The maximum absolute atomic E-state index is 12.9. The first-order valence-corrected chi connectivity index (χ1v) is 9.52. The second kappa shape index (κ2) is 7.59. The number of hydrogen-bond acceptors (Lipinski definition) is 5. The van der Waals surface area contributed by atoms with Crippen LogP contribution in [0.1, 0.15) is 21.7 Å². The van der Waals surface area contributed by atoms with Gasteiger partial charge in [-0.05, 0) is 44.2 Å². The lowest BCUT2D eigenvalue weighted by Crippen LogP contribution is -2.14. The van der Waals surface area contributed by atoms with Gasteiger partial charge in [-0.1, -0.05) is 29.5 Å². The van der Waals surface area contributed by atoms with Crippen molar-refractivity contribution in [3.8, 4) is 11.4 Å². The van der Waals surface area contributed by atoms with Gasteiger partial charge in [-0.2, -0.15) is 13.9 Å². The van der Waals surface area contributed by atoms with E-state index < -0.39 is 6.61 Å².